The van der Waals surface area contributed by atoms with Crippen molar-refractivity contribution in [1.29, 1.82) is 0 Å². The molecule has 0 aromatic heterocycles. The Kier molecular flexibility index (Phi) is 6.46. The van der Waals surface area contributed by atoms with Gasteiger partial charge in [-0.1, -0.05) is 48.6 Å². The van der Waals surface area contributed by atoms with Gasteiger partial charge in [0.2, 0.25) is 0 Å². The summed E-state index contributed by atoms with van der Waals surface area (Å²) in [7, 11) is 0. The zero-order chi connectivity index (χ0) is 17.5. The molecule has 25 heavy (non-hydrogen) atoms. The molecule has 0 aliphatic heterocycles. The van der Waals surface area contributed by atoms with Crippen LogP contribution in [0.3, 0.4) is 0 Å². The van der Waals surface area contributed by atoms with Crippen molar-refractivity contribution in [2.24, 2.45) is 11.8 Å². The van der Waals surface area contributed by atoms with E-state index in [1.165, 1.54) is 31.2 Å². The lowest BCUT2D eigenvalue weighted by molar-refractivity contribution is -0.138. The van der Waals surface area contributed by atoms with E-state index in [9.17, 15) is 4.79 Å². The van der Waals surface area contributed by atoms with Gasteiger partial charge >= 0.3 is 5.97 Å². The molecule has 3 heteroatoms. The van der Waals surface area contributed by atoms with Crippen LogP contribution in [0.4, 0.5) is 0 Å². The average molecular weight is 339 g/mol. The summed E-state index contributed by atoms with van der Waals surface area (Å²) in [6.07, 6.45) is 12.3. The lowest BCUT2D eigenvalue weighted by Gasteiger charge is -2.33. The number of hydrogen-bond donors (Lipinski definition) is 1. The number of benzene rings is 1. The molecule has 0 spiro atoms. The van der Waals surface area contributed by atoms with E-state index < -0.39 is 0 Å². The van der Waals surface area contributed by atoms with Crippen LogP contribution in [-0.4, -0.2) is 18.6 Å². The molecular weight excluding hydrogens is 310 g/mol. The summed E-state index contributed by atoms with van der Waals surface area (Å²) < 4.78 is 5.07. The molecule has 1 unspecified atom stereocenters. The van der Waals surface area contributed by atoms with Gasteiger partial charge in [-0.3, -0.25) is 0 Å². The lowest BCUT2D eigenvalue weighted by atomic mass is 9.75. The second-order valence-electron chi connectivity index (χ2n) is 7.12. The van der Waals surface area contributed by atoms with Crippen LogP contribution < -0.4 is 5.32 Å². The van der Waals surface area contributed by atoms with Crippen molar-refractivity contribution in [2.75, 3.05) is 6.61 Å². The number of nitrogens with one attached hydrogen (secondary N) is 1. The largest absolute Gasteiger partial charge is 0.462 e. The number of carbonyl (C=O) groups is 1. The van der Waals surface area contributed by atoms with Crippen molar-refractivity contribution in [3.8, 4) is 0 Å². The number of rotatable bonds is 6. The van der Waals surface area contributed by atoms with E-state index in [-0.39, 0.29) is 5.97 Å². The fourth-order valence-electron chi connectivity index (χ4n) is 3.96. The molecule has 3 rings (SSSR count). The molecule has 2 aliphatic carbocycles. The van der Waals surface area contributed by atoms with Gasteiger partial charge in [0, 0.05) is 12.6 Å². The monoisotopic (exact) mass is 339 g/mol. The van der Waals surface area contributed by atoms with Crippen molar-refractivity contribution in [3.05, 3.63) is 59.7 Å². The van der Waals surface area contributed by atoms with Gasteiger partial charge in [0.25, 0.3) is 0 Å². The predicted molar refractivity (Wildman–Crippen MR) is 101 cm³/mol. The maximum atomic E-state index is 11.8. The molecular formula is C22H29NO2. The zero-order valence-electron chi connectivity index (χ0n) is 15.1. The minimum absolute atomic E-state index is 0.189. The van der Waals surface area contributed by atoms with Crippen molar-refractivity contribution < 1.29 is 9.53 Å². The van der Waals surface area contributed by atoms with E-state index in [2.05, 4.69) is 47.8 Å². The van der Waals surface area contributed by atoms with Crippen LogP contribution >= 0.6 is 0 Å². The molecule has 0 amide bonds. The molecule has 1 aromatic carbocycles. The van der Waals surface area contributed by atoms with Crippen molar-refractivity contribution in [3.63, 3.8) is 0 Å². The fraction of sp³-hybridized carbons (Fsp3) is 0.500. The third-order valence-corrected chi connectivity index (χ3v) is 5.46. The van der Waals surface area contributed by atoms with Gasteiger partial charge in [-0.05, 0) is 56.4 Å². The minimum Gasteiger partial charge on any atom is -0.462 e. The molecule has 0 saturated heterocycles. The van der Waals surface area contributed by atoms with Crippen LogP contribution in [0.1, 0.15) is 44.6 Å². The number of esters is 1. The topological polar surface area (TPSA) is 38.3 Å². The molecule has 1 atom stereocenters. The highest BCUT2D eigenvalue weighted by Crippen LogP contribution is 2.35. The Morgan fingerprint density at radius 3 is 2.56 bits per heavy atom. The molecule has 0 radical (unpaired) electrons. The standard InChI is InChI=1S/C22H29NO2/c1-2-25-22(24)20-10-8-18(9-11-20)19-12-14-21(15-13-19)23-16-17-6-4-3-5-7-17/h3-8,10-11,18-19,21,23H,2,9,12-16H2,1H3. The summed E-state index contributed by atoms with van der Waals surface area (Å²) in [5.74, 6) is 1.13. The summed E-state index contributed by atoms with van der Waals surface area (Å²) >= 11 is 0. The zero-order valence-corrected chi connectivity index (χ0v) is 15.1. The van der Waals surface area contributed by atoms with E-state index in [1.807, 2.05) is 13.0 Å². The fourth-order valence-corrected chi connectivity index (χ4v) is 3.96. The third kappa shape index (κ3) is 5.05. The summed E-state index contributed by atoms with van der Waals surface area (Å²) in [5.41, 5.74) is 2.08. The van der Waals surface area contributed by atoms with Gasteiger partial charge in [0.1, 0.15) is 0 Å². The Balaban J connectivity index is 1.41. The normalized spacial score (nSPS) is 26.1. The molecule has 2 aliphatic rings. The molecule has 1 aromatic rings. The first kappa shape index (κ1) is 17.9. The first-order valence-corrected chi connectivity index (χ1v) is 9.59. The van der Waals surface area contributed by atoms with Crippen LogP contribution in [-0.2, 0) is 16.1 Å². The SMILES string of the molecule is CCOC(=O)C1=CCC(C2CCC(NCc3ccccc3)CC2)C=C1. The maximum Gasteiger partial charge on any atom is 0.337 e. The molecule has 3 nitrogen and oxygen atoms in total. The van der Waals surface area contributed by atoms with E-state index in [0.717, 1.165) is 24.5 Å². The van der Waals surface area contributed by atoms with E-state index >= 15 is 0 Å². The molecule has 1 fully saturated rings. The quantitative estimate of drug-likeness (QED) is 0.781. The van der Waals surface area contributed by atoms with E-state index in [0.29, 0.717) is 18.6 Å². The predicted octanol–water partition coefficient (Wildman–Crippen LogP) is 4.40. The molecule has 0 bridgehead atoms. The Bertz CT molecular complexity index is 612. The van der Waals surface area contributed by atoms with Gasteiger partial charge < -0.3 is 10.1 Å². The summed E-state index contributed by atoms with van der Waals surface area (Å²) in [6.45, 7) is 3.25. The molecule has 1 N–H and O–H groups in total. The second-order valence-corrected chi connectivity index (χ2v) is 7.12. The van der Waals surface area contributed by atoms with Crippen molar-refractivity contribution in [2.45, 2.75) is 51.6 Å². The molecule has 134 valence electrons. The summed E-state index contributed by atoms with van der Waals surface area (Å²) in [4.78, 5) is 11.8. The highest BCUT2D eigenvalue weighted by molar-refractivity contribution is 5.91. The third-order valence-electron chi connectivity index (χ3n) is 5.46. The number of hydrogen-bond acceptors (Lipinski definition) is 3. The van der Waals surface area contributed by atoms with Gasteiger partial charge in [0.05, 0.1) is 12.2 Å². The highest BCUT2D eigenvalue weighted by atomic mass is 16.5. The number of allylic oxidation sites excluding steroid dienone is 2. The Labute approximate surface area is 151 Å². The molecule has 0 heterocycles. The van der Waals surface area contributed by atoms with Gasteiger partial charge in [0.15, 0.2) is 0 Å². The van der Waals surface area contributed by atoms with Gasteiger partial charge in [-0.15, -0.1) is 0 Å². The van der Waals surface area contributed by atoms with Crippen LogP contribution in [0.25, 0.3) is 0 Å². The Morgan fingerprint density at radius 2 is 1.92 bits per heavy atom. The summed E-state index contributed by atoms with van der Waals surface area (Å²) in [5, 5.41) is 3.71. The van der Waals surface area contributed by atoms with Gasteiger partial charge in [-0.25, -0.2) is 4.79 Å². The number of ether oxygens (including phenoxy) is 1. The smallest absolute Gasteiger partial charge is 0.337 e. The Morgan fingerprint density at radius 1 is 1.16 bits per heavy atom. The Hall–Kier alpha value is -1.87. The summed E-state index contributed by atoms with van der Waals surface area (Å²) in [6, 6.07) is 11.3. The van der Waals surface area contributed by atoms with Crippen LogP contribution in [0.15, 0.2) is 54.1 Å². The van der Waals surface area contributed by atoms with E-state index in [1.54, 1.807) is 0 Å². The first-order chi connectivity index (χ1) is 12.3. The van der Waals surface area contributed by atoms with Crippen LogP contribution in [0.5, 0.6) is 0 Å². The first-order valence-electron chi connectivity index (χ1n) is 9.59. The lowest BCUT2D eigenvalue weighted by Crippen LogP contribution is -2.34. The van der Waals surface area contributed by atoms with Crippen molar-refractivity contribution >= 4 is 5.97 Å². The number of carbonyl (C=O) groups excluding carboxylic acids is 1. The highest BCUT2D eigenvalue weighted by Gasteiger charge is 2.27. The van der Waals surface area contributed by atoms with Gasteiger partial charge in [-0.2, -0.15) is 0 Å². The van der Waals surface area contributed by atoms with Crippen molar-refractivity contribution in [1.82, 2.24) is 5.32 Å². The second kappa shape index (κ2) is 9.00. The van der Waals surface area contributed by atoms with E-state index in [4.69, 9.17) is 4.74 Å². The molecule has 1 saturated carbocycles. The average Bonchev–Trinajstić information content (AvgIpc) is 2.68. The minimum atomic E-state index is -0.189. The maximum absolute atomic E-state index is 11.8. The van der Waals surface area contributed by atoms with Crippen LogP contribution in [0.2, 0.25) is 0 Å². The van der Waals surface area contributed by atoms with Crippen LogP contribution in [0, 0.1) is 11.8 Å².